The van der Waals surface area contributed by atoms with E-state index in [1.165, 1.54) is 23.9 Å². The van der Waals surface area contributed by atoms with E-state index in [1.54, 1.807) is 6.26 Å². The van der Waals surface area contributed by atoms with E-state index in [0.29, 0.717) is 38.3 Å². The van der Waals surface area contributed by atoms with Gasteiger partial charge in [-0.05, 0) is 32.0 Å². The Kier molecular flexibility index (Phi) is 6.37. The molecule has 142 valence electrons. The number of nitrogens with one attached hydrogen (secondary N) is 1. The zero-order valence-electron chi connectivity index (χ0n) is 14.4. The van der Waals surface area contributed by atoms with Gasteiger partial charge in [-0.3, -0.25) is 4.79 Å². The molecule has 3 rings (SSSR count). The Hall–Kier alpha value is -1.67. The van der Waals surface area contributed by atoms with Gasteiger partial charge >= 0.3 is 0 Å². The van der Waals surface area contributed by atoms with Gasteiger partial charge in [0.25, 0.3) is 0 Å². The van der Waals surface area contributed by atoms with Gasteiger partial charge in [-0.2, -0.15) is 0 Å². The lowest BCUT2D eigenvalue weighted by Gasteiger charge is -2.09. The minimum absolute atomic E-state index is 0.138. The molecule has 0 unspecified atom stereocenters. The molecule has 1 N–H and O–H groups in total. The van der Waals surface area contributed by atoms with E-state index in [2.05, 4.69) is 15.5 Å². The maximum atomic E-state index is 12.3. The van der Waals surface area contributed by atoms with Crippen LogP contribution >= 0.6 is 46.6 Å². The Morgan fingerprint density at radius 1 is 1.22 bits per heavy atom. The summed E-state index contributed by atoms with van der Waals surface area (Å²) < 4.78 is 7.27. The highest BCUT2D eigenvalue weighted by Crippen LogP contribution is 2.32. The molecule has 0 spiro atoms. The topological polar surface area (TPSA) is 73.0 Å². The molecule has 0 aliphatic heterocycles. The van der Waals surface area contributed by atoms with E-state index in [-0.39, 0.29) is 11.7 Å². The summed E-state index contributed by atoms with van der Waals surface area (Å²) in [6, 6.07) is 4.85. The summed E-state index contributed by atoms with van der Waals surface area (Å²) in [6.07, 6.45) is 1.61. The maximum absolute atomic E-state index is 12.3. The highest BCUT2D eigenvalue weighted by atomic mass is 35.5. The normalized spacial score (nSPS) is 11.0. The van der Waals surface area contributed by atoms with Crippen LogP contribution in [0.2, 0.25) is 15.1 Å². The summed E-state index contributed by atoms with van der Waals surface area (Å²) in [5, 5.41) is 12.8. The van der Waals surface area contributed by atoms with E-state index in [1.807, 2.05) is 24.5 Å². The SMILES string of the molecule is CCn1c(SCC(=O)Nc2cc(Cl)c(Cl)cc2Cl)nnc1-c1ccoc1C. The van der Waals surface area contributed by atoms with Crippen molar-refractivity contribution in [2.24, 2.45) is 0 Å². The Morgan fingerprint density at radius 3 is 2.63 bits per heavy atom. The lowest BCUT2D eigenvalue weighted by atomic mass is 10.2. The fraction of sp³-hybridized carbons (Fsp3) is 0.235. The number of anilines is 1. The van der Waals surface area contributed by atoms with Gasteiger partial charge in [0.2, 0.25) is 5.91 Å². The molecular formula is C17H15Cl3N4O2S. The fourth-order valence-electron chi connectivity index (χ4n) is 2.43. The molecule has 0 bridgehead atoms. The molecule has 0 radical (unpaired) electrons. The molecule has 2 aromatic heterocycles. The summed E-state index contributed by atoms with van der Waals surface area (Å²) in [5.41, 5.74) is 1.28. The highest BCUT2D eigenvalue weighted by molar-refractivity contribution is 7.99. The number of hydrogen-bond acceptors (Lipinski definition) is 5. The molecule has 1 amide bonds. The Balaban J connectivity index is 1.70. The summed E-state index contributed by atoms with van der Waals surface area (Å²) in [6.45, 7) is 4.52. The van der Waals surface area contributed by atoms with Gasteiger partial charge in [0.05, 0.1) is 38.3 Å². The van der Waals surface area contributed by atoms with E-state index >= 15 is 0 Å². The van der Waals surface area contributed by atoms with Crippen LogP contribution in [0.4, 0.5) is 5.69 Å². The van der Waals surface area contributed by atoms with Crippen molar-refractivity contribution in [3.05, 3.63) is 45.3 Å². The minimum atomic E-state index is -0.244. The van der Waals surface area contributed by atoms with Crippen LogP contribution in [0.1, 0.15) is 12.7 Å². The smallest absolute Gasteiger partial charge is 0.234 e. The quantitative estimate of drug-likeness (QED) is 0.397. The van der Waals surface area contributed by atoms with Crippen molar-refractivity contribution in [1.82, 2.24) is 14.8 Å². The first-order valence-corrected chi connectivity index (χ1v) is 10.1. The number of furan rings is 1. The summed E-state index contributed by atoms with van der Waals surface area (Å²) in [4.78, 5) is 12.3. The van der Waals surface area contributed by atoms with Crippen LogP contribution in [-0.2, 0) is 11.3 Å². The number of halogens is 3. The van der Waals surface area contributed by atoms with Crippen molar-refractivity contribution in [3.63, 3.8) is 0 Å². The van der Waals surface area contributed by atoms with E-state index < -0.39 is 0 Å². The Bertz CT molecular complexity index is 987. The van der Waals surface area contributed by atoms with Gasteiger partial charge in [0, 0.05) is 6.54 Å². The van der Waals surface area contributed by atoms with Crippen LogP contribution in [0.3, 0.4) is 0 Å². The molecule has 1 aromatic carbocycles. The standard InChI is InChI=1S/C17H15Cl3N4O2S/c1-3-24-16(10-4-5-26-9(10)2)22-23-17(24)27-8-15(25)21-14-7-12(19)11(18)6-13(14)20/h4-7H,3,8H2,1-2H3,(H,21,25). The molecule has 6 nitrogen and oxygen atoms in total. The monoisotopic (exact) mass is 444 g/mol. The van der Waals surface area contributed by atoms with Gasteiger partial charge in [0.15, 0.2) is 11.0 Å². The number of thioether (sulfide) groups is 1. The molecule has 2 heterocycles. The Labute approximate surface area is 175 Å². The lowest BCUT2D eigenvalue weighted by molar-refractivity contribution is -0.113. The number of rotatable bonds is 6. The number of benzene rings is 1. The van der Waals surface area contributed by atoms with Crippen LogP contribution < -0.4 is 5.32 Å². The molecule has 0 atom stereocenters. The predicted octanol–water partition coefficient (Wildman–Crippen LogP) is 5.56. The second-order valence-corrected chi connectivity index (χ2v) is 7.69. The molecule has 10 heteroatoms. The van der Waals surface area contributed by atoms with Crippen molar-refractivity contribution in [2.45, 2.75) is 25.5 Å². The Morgan fingerprint density at radius 2 is 1.96 bits per heavy atom. The van der Waals surface area contributed by atoms with Crippen molar-refractivity contribution in [2.75, 3.05) is 11.1 Å². The van der Waals surface area contributed by atoms with Gasteiger partial charge in [-0.1, -0.05) is 46.6 Å². The van der Waals surface area contributed by atoms with Gasteiger partial charge < -0.3 is 14.3 Å². The molecular weight excluding hydrogens is 431 g/mol. The average molecular weight is 446 g/mol. The van der Waals surface area contributed by atoms with Crippen LogP contribution in [0.5, 0.6) is 0 Å². The van der Waals surface area contributed by atoms with Crippen molar-refractivity contribution in [1.29, 1.82) is 0 Å². The average Bonchev–Trinajstić information content (AvgIpc) is 3.22. The fourth-order valence-corrected chi connectivity index (χ4v) is 3.83. The first kappa shape index (κ1) is 20.1. The van der Waals surface area contributed by atoms with Crippen LogP contribution in [0, 0.1) is 6.92 Å². The number of hydrogen-bond donors (Lipinski definition) is 1. The summed E-state index contributed by atoms with van der Waals surface area (Å²) in [5.74, 6) is 1.37. The van der Waals surface area contributed by atoms with E-state index in [4.69, 9.17) is 39.2 Å². The molecule has 0 aliphatic carbocycles. The van der Waals surface area contributed by atoms with Gasteiger partial charge in [0.1, 0.15) is 5.76 Å². The van der Waals surface area contributed by atoms with E-state index in [0.717, 1.165) is 11.3 Å². The molecule has 0 saturated carbocycles. The largest absolute Gasteiger partial charge is 0.469 e. The number of carbonyl (C=O) groups is 1. The second kappa shape index (κ2) is 8.56. The third-order valence-corrected chi connectivity index (χ3v) is 5.75. The van der Waals surface area contributed by atoms with Crippen LogP contribution in [0.25, 0.3) is 11.4 Å². The molecule has 27 heavy (non-hydrogen) atoms. The first-order chi connectivity index (χ1) is 12.9. The maximum Gasteiger partial charge on any atom is 0.234 e. The van der Waals surface area contributed by atoms with Crippen molar-refractivity contribution >= 4 is 58.2 Å². The summed E-state index contributed by atoms with van der Waals surface area (Å²) >= 11 is 19.2. The third-order valence-electron chi connectivity index (χ3n) is 3.75. The molecule has 0 aliphatic rings. The molecule has 0 fully saturated rings. The highest BCUT2D eigenvalue weighted by Gasteiger charge is 2.17. The first-order valence-electron chi connectivity index (χ1n) is 7.95. The zero-order chi connectivity index (χ0) is 19.6. The number of aryl methyl sites for hydroxylation is 1. The third kappa shape index (κ3) is 4.43. The van der Waals surface area contributed by atoms with Crippen LogP contribution in [-0.4, -0.2) is 26.4 Å². The van der Waals surface area contributed by atoms with Crippen LogP contribution in [0.15, 0.2) is 34.0 Å². The molecule has 3 aromatic rings. The predicted molar refractivity (Wildman–Crippen MR) is 109 cm³/mol. The number of nitrogens with zero attached hydrogens (tertiary/aromatic N) is 3. The van der Waals surface area contributed by atoms with Crippen molar-refractivity contribution in [3.8, 4) is 11.4 Å². The van der Waals surface area contributed by atoms with Crippen molar-refractivity contribution < 1.29 is 9.21 Å². The number of amides is 1. The summed E-state index contributed by atoms with van der Waals surface area (Å²) in [7, 11) is 0. The second-order valence-electron chi connectivity index (χ2n) is 5.52. The van der Waals surface area contributed by atoms with E-state index in [9.17, 15) is 4.79 Å². The molecule has 0 saturated heterocycles. The number of carbonyl (C=O) groups excluding carboxylic acids is 1. The zero-order valence-corrected chi connectivity index (χ0v) is 17.5. The lowest BCUT2D eigenvalue weighted by Crippen LogP contribution is -2.15. The minimum Gasteiger partial charge on any atom is -0.469 e. The number of aromatic nitrogens is 3. The van der Waals surface area contributed by atoms with Gasteiger partial charge in [-0.15, -0.1) is 10.2 Å². The van der Waals surface area contributed by atoms with Gasteiger partial charge in [-0.25, -0.2) is 0 Å².